The molecule has 3 heteroatoms. The Bertz CT molecular complexity index is 197. The SMILES string of the molecule is CC1NC(=O)CC12CCNCC2. The van der Waals surface area contributed by atoms with Gasteiger partial charge in [-0.25, -0.2) is 0 Å². The van der Waals surface area contributed by atoms with Crippen molar-refractivity contribution in [2.75, 3.05) is 13.1 Å². The van der Waals surface area contributed by atoms with E-state index in [4.69, 9.17) is 0 Å². The molecule has 2 saturated heterocycles. The van der Waals surface area contributed by atoms with Crippen LogP contribution in [0, 0.1) is 5.41 Å². The molecule has 12 heavy (non-hydrogen) atoms. The van der Waals surface area contributed by atoms with E-state index in [1.165, 1.54) is 0 Å². The largest absolute Gasteiger partial charge is 0.353 e. The Kier molecular flexibility index (Phi) is 1.83. The third-order valence-electron chi connectivity index (χ3n) is 3.41. The standard InChI is InChI=1S/C9H16N2O/c1-7-9(6-8(12)11-7)2-4-10-5-3-9/h7,10H,2-6H2,1H3,(H,11,12). The maximum absolute atomic E-state index is 11.2. The first-order valence-electron chi connectivity index (χ1n) is 4.73. The van der Waals surface area contributed by atoms with E-state index in [0.29, 0.717) is 6.04 Å². The van der Waals surface area contributed by atoms with Crippen molar-refractivity contribution in [2.45, 2.75) is 32.2 Å². The highest BCUT2D eigenvalue weighted by atomic mass is 16.2. The summed E-state index contributed by atoms with van der Waals surface area (Å²) in [6.45, 7) is 4.27. The topological polar surface area (TPSA) is 41.1 Å². The maximum atomic E-state index is 11.2. The van der Waals surface area contributed by atoms with Crippen LogP contribution in [0.4, 0.5) is 0 Å². The summed E-state index contributed by atoms with van der Waals surface area (Å²) in [7, 11) is 0. The second-order valence-electron chi connectivity index (χ2n) is 4.08. The molecule has 1 unspecified atom stereocenters. The lowest BCUT2D eigenvalue weighted by atomic mass is 9.73. The average Bonchev–Trinajstić information content (AvgIpc) is 2.29. The second-order valence-corrected chi connectivity index (χ2v) is 4.08. The van der Waals surface area contributed by atoms with Gasteiger partial charge in [0.15, 0.2) is 0 Å². The van der Waals surface area contributed by atoms with Crippen molar-refractivity contribution >= 4 is 5.91 Å². The molecule has 2 heterocycles. The highest BCUT2D eigenvalue weighted by Crippen LogP contribution is 2.39. The zero-order chi connectivity index (χ0) is 8.60. The Morgan fingerprint density at radius 1 is 1.42 bits per heavy atom. The summed E-state index contributed by atoms with van der Waals surface area (Å²) in [4.78, 5) is 11.2. The monoisotopic (exact) mass is 168 g/mol. The van der Waals surface area contributed by atoms with Crippen LogP contribution < -0.4 is 10.6 Å². The minimum absolute atomic E-state index is 0.240. The molecule has 1 spiro atoms. The molecule has 0 aliphatic carbocycles. The molecule has 2 N–H and O–H groups in total. The average molecular weight is 168 g/mol. The number of rotatable bonds is 0. The third kappa shape index (κ3) is 1.12. The van der Waals surface area contributed by atoms with Crippen LogP contribution in [0.3, 0.4) is 0 Å². The van der Waals surface area contributed by atoms with Gasteiger partial charge >= 0.3 is 0 Å². The normalized spacial score (nSPS) is 33.8. The van der Waals surface area contributed by atoms with Crippen molar-refractivity contribution in [2.24, 2.45) is 5.41 Å². The van der Waals surface area contributed by atoms with Crippen LogP contribution in [0.2, 0.25) is 0 Å². The first-order valence-corrected chi connectivity index (χ1v) is 4.73. The van der Waals surface area contributed by atoms with Crippen LogP contribution in [0.1, 0.15) is 26.2 Å². The molecule has 0 aromatic carbocycles. The lowest BCUT2D eigenvalue weighted by molar-refractivity contribution is -0.119. The van der Waals surface area contributed by atoms with Gasteiger partial charge in [-0.2, -0.15) is 0 Å². The number of hydrogen-bond donors (Lipinski definition) is 2. The summed E-state index contributed by atoms with van der Waals surface area (Å²) < 4.78 is 0. The van der Waals surface area contributed by atoms with Crippen molar-refractivity contribution in [3.8, 4) is 0 Å². The quantitative estimate of drug-likeness (QED) is 0.545. The van der Waals surface area contributed by atoms with Crippen LogP contribution in [0.5, 0.6) is 0 Å². The summed E-state index contributed by atoms with van der Waals surface area (Å²) in [5.41, 5.74) is 0.280. The van der Waals surface area contributed by atoms with Crippen molar-refractivity contribution in [3.05, 3.63) is 0 Å². The van der Waals surface area contributed by atoms with Crippen LogP contribution in [0.25, 0.3) is 0 Å². The van der Waals surface area contributed by atoms with E-state index < -0.39 is 0 Å². The zero-order valence-electron chi connectivity index (χ0n) is 7.52. The fourth-order valence-electron chi connectivity index (χ4n) is 2.45. The van der Waals surface area contributed by atoms with Crippen molar-refractivity contribution in [1.82, 2.24) is 10.6 Å². The van der Waals surface area contributed by atoms with E-state index in [2.05, 4.69) is 17.6 Å². The highest BCUT2D eigenvalue weighted by molar-refractivity contribution is 5.79. The summed E-state index contributed by atoms with van der Waals surface area (Å²) in [5.74, 6) is 0.240. The first kappa shape index (κ1) is 8.05. The molecule has 2 aliphatic rings. The Hall–Kier alpha value is -0.570. The van der Waals surface area contributed by atoms with Gasteiger partial charge < -0.3 is 10.6 Å². The summed E-state index contributed by atoms with van der Waals surface area (Å²) in [6, 6.07) is 0.382. The van der Waals surface area contributed by atoms with Gasteiger partial charge in [-0.3, -0.25) is 4.79 Å². The maximum Gasteiger partial charge on any atom is 0.220 e. The van der Waals surface area contributed by atoms with Gasteiger partial charge in [-0.05, 0) is 32.9 Å². The molecule has 3 nitrogen and oxygen atoms in total. The Balaban J connectivity index is 2.13. The highest BCUT2D eigenvalue weighted by Gasteiger charge is 2.44. The zero-order valence-corrected chi connectivity index (χ0v) is 7.52. The van der Waals surface area contributed by atoms with Crippen LogP contribution in [0.15, 0.2) is 0 Å². The molecular weight excluding hydrogens is 152 g/mol. The summed E-state index contributed by atoms with van der Waals surface area (Å²) >= 11 is 0. The minimum Gasteiger partial charge on any atom is -0.353 e. The fourth-order valence-corrected chi connectivity index (χ4v) is 2.45. The van der Waals surface area contributed by atoms with Crippen molar-refractivity contribution in [3.63, 3.8) is 0 Å². The second kappa shape index (κ2) is 2.73. The van der Waals surface area contributed by atoms with Crippen LogP contribution in [-0.4, -0.2) is 25.0 Å². The predicted molar refractivity (Wildman–Crippen MR) is 46.8 cm³/mol. The van der Waals surface area contributed by atoms with Crippen LogP contribution in [-0.2, 0) is 4.79 Å². The van der Waals surface area contributed by atoms with Crippen molar-refractivity contribution < 1.29 is 4.79 Å². The van der Waals surface area contributed by atoms with E-state index in [-0.39, 0.29) is 11.3 Å². The number of hydrogen-bond acceptors (Lipinski definition) is 2. The number of carbonyl (C=O) groups is 1. The molecule has 1 atom stereocenters. The van der Waals surface area contributed by atoms with Gasteiger partial charge in [0.05, 0.1) is 0 Å². The van der Waals surface area contributed by atoms with Gasteiger partial charge in [0.2, 0.25) is 5.91 Å². The molecule has 2 aliphatic heterocycles. The number of piperidine rings is 1. The van der Waals surface area contributed by atoms with E-state index in [1.807, 2.05) is 0 Å². The van der Waals surface area contributed by atoms with Gasteiger partial charge in [0, 0.05) is 17.9 Å². The number of carbonyl (C=O) groups excluding carboxylic acids is 1. The Morgan fingerprint density at radius 2 is 2.08 bits per heavy atom. The molecular formula is C9H16N2O. The van der Waals surface area contributed by atoms with Crippen LogP contribution >= 0.6 is 0 Å². The molecule has 0 aromatic heterocycles. The van der Waals surface area contributed by atoms with E-state index in [1.54, 1.807) is 0 Å². The van der Waals surface area contributed by atoms with Gasteiger partial charge in [-0.15, -0.1) is 0 Å². The molecule has 2 fully saturated rings. The van der Waals surface area contributed by atoms with Gasteiger partial charge in [0.25, 0.3) is 0 Å². The molecule has 0 saturated carbocycles. The number of nitrogens with one attached hydrogen (secondary N) is 2. The third-order valence-corrected chi connectivity index (χ3v) is 3.41. The molecule has 0 radical (unpaired) electrons. The molecule has 0 bridgehead atoms. The van der Waals surface area contributed by atoms with Crippen molar-refractivity contribution in [1.29, 1.82) is 0 Å². The summed E-state index contributed by atoms with van der Waals surface area (Å²) in [5, 5.41) is 6.34. The molecule has 0 aromatic rings. The molecule has 68 valence electrons. The van der Waals surface area contributed by atoms with E-state index >= 15 is 0 Å². The number of amides is 1. The van der Waals surface area contributed by atoms with Gasteiger partial charge in [-0.1, -0.05) is 0 Å². The Labute approximate surface area is 72.9 Å². The molecule has 2 rings (SSSR count). The first-order chi connectivity index (χ1) is 5.73. The lowest BCUT2D eigenvalue weighted by Crippen LogP contribution is -2.43. The Morgan fingerprint density at radius 3 is 2.58 bits per heavy atom. The van der Waals surface area contributed by atoms with E-state index in [0.717, 1.165) is 32.4 Å². The lowest BCUT2D eigenvalue weighted by Gasteiger charge is -2.36. The fraction of sp³-hybridized carbons (Fsp3) is 0.889. The van der Waals surface area contributed by atoms with Gasteiger partial charge in [0.1, 0.15) is 0 Å². The minimum atomic E-state index is 0.240. The molecule has 1 amide bonds. The predicted octanol–water partition coefficient (Wildman–Crippen LogP) is 0.265. The smallest absolute Gasteiger partial charge is 0.220 e. The summed E-state index contributed by atoms with van der Waals surface area (Å²) in [6.07, 6.45) is 3.04. The van der Waals surface area contributed by atoms with E-state index in [9.17, 15) is 4.79 Å².